The number of anilines is 1. The lowest BCUT2D eigenvalue weighted by Crippen LogP contribution is -2.29. The Morgan fingerprint density at radius 1 is 0.643 bits per heavy atom. The van der Waals surface area contributed by atoms with Gasteiger partial charge in [-0.2, -0.15) is 0 Å². The summed E-state index contributed by atoms with van der Waals surface area (Å²) in [5, 5.41) is 0. The number of nitrogens with zero attached hydrogens (tertiary/aromatic N) is 2. The zero-order valence-corrected chi connectivity index (χ0v) is 23.8. The van der Waals surface area contributed by atoms with E-state index in [1.165, 1.54) is 18.2 Å². The van der Waals surface area contributed by atoms with Crippen LogP contribution in [0.4, 0.5) is 5.69 Å². The van der Waals surface area contributed by atoms with Gasteiger partial charge in [0.15, 0.2) is 0 Å². The molecule has 0 saturated carbocycles. The van der Waals surface area contributed by atoms with E-state index in [9.17, 15) is 23.4 Å². The Hall–Kier alpha value is -5.02. The Kier molecular flexibility index (Phi) is 6.54. The second-order valence-electron chi connectivity index (χ2n) is 9.98. The van der Waals surface area contributed by atoms with Gasteiger partial charge in [-0.15, -0.1) is 0 Å². The maximum absolute atomic E-state index is 13.5. The number of ether oxygens (including phenoxy) is 1. The SMILES string of the molecule is C=S(=O)(c1ccc(CC)cc1)c1ccc(N2C(=O)c3ccc(Oc4ccc5c(c4)C(=O)N(CC)C5=O)cc3C2=O)cc1. The maximum Gasteiger partial charge on any atom is 0.266 e. The van der Waals surface area contributed by atoms with Gasteiger partial charge >= 0.3 is 0 Å². The third-order valence-electron chi connectivity index (χ3n) is 7.54. The van der Waals surface area contributed by atoms with E-state index < -0.39 is 21.3 Å². The van der Waals surface area contributed by atoms with Crippen LogP contribution in [0.25, 0.3) is 0 Å². The molecule has 1 atom stereocenters. The Morgan fingerprint density at radius 2 is 1.12 bits per heavy atom. The number of aryl methyl sites for hydroxylation is 1. The fourth-order valence-electron chi connectivity index (χ4n) is 5.17. The molecule has 4 amide bonds. The predicted octanol–water partition coefficient (Wildman–Crippen LogP) is 5.59. The number of imide groups is 2. The first-order valence-corrected chi connectivity index (χ1v) is 15.1. The first kappa shape index (κ1) is 27.2. The Balaban J connectivity index is 1.23. The van der Waals surface area contributed by atoms with Crippen molar-refractivity contribution in [3.8, 4) is 11.5 Å². The van der Waals surface area contributed by atoms with Crippen LogP contribution in [-0.2, 0) is 15.9 Å². The van der Waals surface area contributed by atoms with E-state index in [1.54, 1.807) is 49.4 Å². The van der Waals surface area contributed by atoms with Crippen LogP contribution in [0.2, 0.25) is 0 Å². The maximum atomic E-state index is 13.5. The van der Waals surface area contributed by atoms with Gasteiger partial charge in [-0.3, -0.25) is 28.3 Å². The molecule has 0 bridgehead atoms. The first-order valence-electron chi connectivity index (χ1n) is 13.4. The highest BCUT2D eigenvalue weighted by atomic mass is 32.2. The number of hydrogen-bond donors (Lipinski definition) is 0. The summed E-state index contributed by atoms with van der Waals surface area (Å²) in [4.78, 5) is 54.8. The van der Waals surface area contributed by atoms with Gasteiger partial charge in [0, 0.05) is 25.9 Å². The van der Waals surface area contributed by atoms with Crippen LogP contribution in [0.5, 0.6) is 11.5 Å². The molecule has 2 aliphatic rings. The van der Waals surface area contributed by atoms with Crippen molar-refractivity contribution in [3.63, 3.8) is 0 Å². The molecule has 0 aliphatic carbocycles. The van der Waals surface area contributed by atoms with Gasteiger partial charge in [0.1, 0.15) is 11.5 Å². The second kappa shape index (κ2) is 10.1. The van der Waals surface area contributed by atoms with Gasteiger partial charge in [-0.25, -0.2) is 4.90 Å². The molecule has 0 aromatic heterocycles. The minimum atomic E-state index is -2.78. The van der Waals surface area contributed by atoms with Gasteiger partial charge in [-0.05, 0) is 97.6 Å². The van der Waals surface area contributed by atoms with Gasteiger partial charge < -0.3 is 4.74 Å². The number of rotatable bonds is 7. The van der Waals surface area contributed by atoms with Crippen molar-refractivity contribution in [3.05, 3.63) is 113 Å². The monoisotopic (exact) mass is 578 g/mol. The van der Waals surface area contributed by atoms with E-state index in [4.69, 9.17) is 4.74 Å². The van der Waals surface area contributed by atoms with Crippen LogP contribution in [-0.4, -0.2) is 45.2 Å². The van der Waals surface area contributed by atoms with Crippen LogP contribution in [0, 0.1) is 0 Å². The summed E-state index contributed by atoms with van der Waals surface area (Å²) >= 11 is 0. The van der Waals surface area contributed by atoms with Crippen molar-refractivity contribution in [1.82, 2.24) is 4.90 Å². The summed E-state index contributed by atoms with van der Waals surface area (Å²) < 4.78 is 19.4. The highest BCUT2D eigenvalue weighted by Crippen LogP contribution is 2.34. The lowest BCUT2D eigenvalue weighted by atomic mass is 10.1. The van der Waals surface area contributed by atoms with Crippen molar-refractivity contribution >= 4 is 44.7 Å². The third kappa shape index (κ3) is 4.29. The number of carbonyl (C=O) groups is 4. The summed E-state index contributed by atoms with van der Waals surface area (Å²) in [5.74, 6) is 2.84. The molecule has 0 radical (unpaired) electrons. The van der Waals surface area contributed by atoms with Gasteiger partial charge in [0.2, 0.25) is 0 Å². The van der Waals surface area contributed by atoms with Crippen LogP contribution in [0.3, 0.4) is 0 Å². The molecule has 4 aromatic carbocycles. The molecule has 6 rings (SSSR count). The lowest BCUT2D eigenvalue weighted by molar-refractivity contribution is 0.0662. The molecule has 2 heterocycles. The van der Waals surface area contributed by atoms with Gasteiger partial charge in [-0.1, -0.05) is 19.1 Å². The molecule has 4 aromatic rings. The number of carbonyl (C=O) groups excluding carboxylic acids is 4. The first-order chi connectivity index (χ1) is 20.1. The largest absolute Gasteiger partial charge is 0.457 e. The molecule has 1 unspecified atom stereocenters. The summed E-state index contributed by atoms with van der Waals surface area (Å²) in [6, 6.07) is 23.1. The molecule has 0 spiro atoms. The average molecular weight is 579 g/mol. The van der Waals surface area contributed by atoms with Crippen LogP contribution < -0.4 is 9.64 Å². The minimum absolute atomic E-state index is 0.170. The molecular formula is C33H26N2O6S. The van der Waals surface area contributed by atoms with Crippen molar-refractivity contribution in [2.75, 3.05) is 11.4 Å². The van der Waals surface area contributed by atoms with Crippen LogP contribution >= 0.6 is 0 Å². The lowest BCUT2D eigenvalue weighted by Gasteiger charge is -2.16. The second-order valence-corrected chi connectivity index (χ2v) is 12.3. The Bertz CT molecular complexity index is 1910. The smallest absolute Gasteiger partial charge is 0.266 e. The molecule has 2 aliphatic heterocycles. The molecule has 42 heavy (non-hydrogen) atoms. The van der Waals surface area contributed by atoms with Crippen molar-refractivity contribution in [1.29, 1.82) is 0 Å². The van der Waals surface area contributed by atoms with Crippen molar-refractivity contribution in [2.24, 2.45) is 0 Å². The summed E-state index contributed by atoms with van der Waals surface area (Å²) in [7, 11) is -2.78. The summed E-state index contributed by atoms with van der Waals surface area (Å²) in [6.07, 6.45) is 0.871. The topological polar surface area (TPSA) is 101 Å². The summed E-state index contributed by atoms with van der Waals surface area (Å²) in [6.45, 7) is 4.04. The number of amides is 4. The standard InChI is InChI=1S/C33H26N2O6S/c1-4-20-6-12-24(13-7-20)42(3,40)25-14-8-21(9-15-25)35-32(38)27-17-11-23(19-29(27)33(35)39)41-22-10-16-26-28(18-22)31(37)34(5-2)30(26)36/h6-19H,3-5H2,1-2H3. The Morgan fingerprint density at radius 3 is 1.67 bits per heavy atom. The third-order valence-corrected chi connectivity index (χ3v) is 9.61. The molecule has 0 fully saturated rings. The van der Waals surface area contributed by atoms with E-state index in [-0.39, 0.29) is 35.0 Å². The van der Waals surface area contributed by atoms with Crippen molar-refractivity contribution < 1.29 is 28.1 Å². The van der Waals surface area contributed by atoms with E-state index in [0.717, 1.165) is 21.8 Å². The average Bonchev–Trinajstić information content (AvgIpc) is 3.40. The highest BCUT2D eigenvalue weighted by molar-refractivity contribution is 8.00. The molecule has 0 saturated heterocycles. The quantitative estimate of drug-likeness (QED) is 0.209. The molecular weight excluding hydrogens is 552 g/mol. The molecule has 0 N–H and O–H groups in total. The minimum Gasteiger partial charge on any atom is -0.457 e. The normalized spacial score (nSPS) is 15.6. The fourth-order valence-corrected chi connectivity index (χ4v) is 6.59. The Labute approximate surface area is 243 Å². The van der Waals surface area contributed by atoms with E-state index >= 15 is 0 Å². The number of benzene rings is 4. The predicted molar refractivity (Wildman–Crippen MR) is 159 cm³/mol. The van der Waals surface area contributed by atoms with Gasteiger partial charge in [0.05, 0.1) is 27.9 Å². The number of hydrogen-bond acceptors (Lipinski definition) is 6. The van der Waals surface area contributed by atoms with E-state index in [0.29, 0.717) is 32.5 Å². The highest BCUT2D eigenvalue weighted by Gasteiger charge is 2.38. The number of fused-ring (bicyclic) bond motifs is 2. The zero-order valence-electron chi connectivity index (χ0n) is 23.0. The molecule has 8 nitrogen and oxygen atoms in total. The molecule has 9 heteroatoms. The van der Waals surface area contributed by atoms with Crippen LogP contribution in [0.1, 0.15) is 60.8 Å². The molecule has 210 valence electrons. The van der Waals surface area contributed by atoms with Crippen LogP contribution in [0.15, 0.2) is 94.7 Å². The summed E-state index contributed by atoms with van der Waals surface area (Å²) in [5.41, 5.74) is 2.43. The zero-order chi connectivity index (χ0) is 29.8. The van der Waals surface area contributed by atoms with E-state index in [1.807, 2.05) is 31.2 Å². The van der Waals surface area contributed by atoms with Gasteiger partial charge in [0.25, 0.3) is 23.6 Å². The fraction of sp³-hybridized carbons (Fsp3) is 0.121. The van der Waals surface area contributed by atoms with Crippen molar-refractivity contribution in [2.45, 2.75) is 30.1 Å². The van der Waals surface area contributed by atoms with E-state index in [2.05, 4.69) is 5.87 Å².